The molecule has 0 aliphatic heterocycles. The monoisotopic (exact) mass is 273 g/mol. The number of hydrogen-bond acceptors (Lipinski definition) is 3. The highest BCUT2D eigenvalue weighted by Crippen LogP contribution is 2.31. The van der Waals surface area contributed by atoms with Gasteiger partial charge < -0.3 is 4.74 Å². The molecule has 0 saturated heterocycles. The molecule has 2 N–H and O–H groups in total. The van der Waals surface area contributed by atoms with E-state index in [1.807, 2.05) is 18.2 Å². The Morgan fingerprint density at radius 2 is 2.10 bits per heavy atom. The normalized spacial score (nSPS) is 10.8. The highest BCUT2D eigenvalue weighted by Gasteiger charge is 2.11. The van der Waals surface area contributed by atoms with Crippen molar-refractivity contribution >= 4 is 6.09 Å². The van der Waals surface area contributed by atoms with Gasteiger partial charge in [0.05, 0.1) is 0 Å². The molecule has 0 aromatic rings. The summed E-state index contributed by atoms with van der Waals surface area (Å²) in [6.45, 7) is 4.40. The van der Waals surface area contributed by atoms with Gasteiger partial charge >= 0.3 is 6.09 Å². The molecule has 2 rings (SSSR count). The van der Waals surface area contributed by atoms with Crippen LogP contribution in [0.1, 0.15) is 25.8 Å². The number of hydrogen-bond donors (Lipinski definition) is 2. The van der Waals surface area contributed by atoms with Crippen molar-refractivity contribution in [3.05, 3.63) is 42.0 Å². The summed E-state index contributed by atoms with van der Waals surface area (Å²) in [7, 11) is 0. The van der Waals surface area contributed by atoms with Crippen LogP contribution in [0.5, 0.6) is 5.75 Å². The van der Waals surface area contributed by atoms with E-state index in [9.17, 15) is 4.79 Å². The van der Waals surface area contributed by atoms with Gasteiger partial charge in [-0.05, 0) is 47.6 Å². The summed E-state index contributed by atoms with van der Waals surface area (Å²) in [5, 5.41) is 8.51. The summed E-state index contributed by atoms with van der Waals surface area (Å²) in [6.07, 6.45) is 1.22. The minimum Gasteiger partial charge on any atom is -0.409 e. The lowest BCUT2D eigenvalue weighted by Gasteiger charge is -2.06. The van der Waals surface area contributed by atoms with E-state index in [1.165, 1.54) is 11.0 Å². The second kappa shape index (κ2) is 6.39. The Hall–Kier alpha value is -2.07. The van der Waals surface area contributed by atoms with Crippen molar-refractivity contribution in [2.24, 2.45) is 5.92 Å². The van der Waals surface area contributed by atoms with Crippen LogP contribution in [-0.2, 0) is 6.42 Å². The first kappa shape index (κ1) is 14.3. The van der Waals surface area contributed by atoms with Gasteiger partial charge in [0, 0.05) is 0 Å². The summed E-state index contributed by atoms with van der Waals surface area (Å²) in [4.78, 5) is 11.1. The number of carbonyl (C=O) groups excluding carboxylic acids is 1. The molecule has 2 aliphatic rings. The van der Waals surface area contributed by atoms with Crippen molar-refractivity contribution in [2.45, 2.75) is 26.7 Å². The molecule has 106 valence electrons. The Morgan fingerprint density at radius 1 is 1.30 bits per heavy atom. The lowest BCUT2D eigenvalue weighted by atomic mass is 10.0. The summed E-state index contributed by atoms with van der Waals surface area (Å²) in [5.41, 5.74) is 4.90. The van der Waals surface area contributed by atoms with Crippen molar-refractivity contribution in [1.82, 2.24) is 5.48 Å². The molecule has 0 aromatic carbocycles. The van der Waals surface area contributed by atoms with Crippen molar-refractivity contribution in [1.29, 1.82) is 0 Å². The van der Waals surface area contributed by atoms with Crippen molar-refractivity contribution in [3.8, 4) is 16.9 Å². The SMILES string of the molecule is CC(C)CCc1ccc2cccc(OC(=O)NO)cc1-2. The summed E-state index contributed by atoms with van der Waals surface area (Å²) in [5.74, 6) is 1.05. The van der Waals surface area contributed by atoms with E-state index in [-0.39, 0.29) is 0 Å². The van der Waals surface area contributed by atoms with Gasteiger partial charge in [-0.25, -0.2) is 10.3 Å². The van der Waals surface area contributed by atoms with E-state index in [4.69, 9.17) is 9.94 Å². The van der Waals surface area contributed by atoms with E-state index in [0.29, 0.717) is 11.7 Å². The van der Waals surface area contributed by atoms with Gasteiger partial charge in [0.1, 0.15) is 5.75 Å². The van der Waals surface area contributed by atoms with Crippen LogP contribution in [0.3, 0.4) is 0 Å². The Balaban J connectivity index is 2.29. The number of rotatable bonds is 4. The lowest BCUT2D eigenvalue weighted by molar-refractivity contribution is 0.127. The zero-order valence-corrected chi connectivity index (χ0v) is 11.7. The average molecular weight is 273 g/mol. The second-order valence-corrected chi connectivity index (χ2v) is 5.23. The number of hydroxylamine groups is 1. The van der Waals surface area contributed by atoms with Gasteiger partial charge in [-0.1, -0.05) is 38.1 Å². The molecule has 0 radical (unpaired) electrons. The first-order valence-corrected chi connectivity index (χ1v) is 6.73. The quantitative estimate of drug-likeness (QED) is 0.657. The zero-order chi connectivity index (χ0) is 14.5. The molecule has 1 amide bonds. The van der Waals surface area contributed by atoms with Crippen LogP contribution in [0.25, 0.3) is 11.1 Å². The smallest absolute Gasteiger partial charge is 0.409 e. The molecule has 0 unspecified atom stereocenters. The minimum absolute atomic E-state index is 0.406. The highest BCUT2D eigenvalue weighted by molar-refractivity contribution is 5.74. The third-order valence-electron chi connectivity index (χ3n) is 3.24. The van der Waals surface area contributed by atoms with Crippen molar-refractivity contribution < 1.29 is 14.7 Å². The standard InChI is InChI=1S/C16H19NO3/c1-11(2)6-7-13-9-8-12-4-3-5-14(10-15(12)13)20-16(18)17-19/h3-5,8-11,19H,6-7H2,1-2H3,(H,17,18). The summed E-state index contributed by atoms with van der Waals surface area (Å²) < 4.78 is 4.98. The molecular formula is C16H19NO3. The largest absolute Gasteiger partial charge is 0.436 e. The van der Waals surface area contributed by atoms with Gasteiger partial charge in [0.2, 0.25) is 0 Å². The molecule has 0 saturated carbocycles. The van der Waals surface area contributed by atoms with E-state index in [2.05, 4.69) is 26.0 Å². The minimum atomic E-state index is -0.889. The molecule has 0 atom stereocenters. The Bertz CT molecular complexity index is 566. The average Bonchev–Trinajstić information content (AvgIpc) is 2.67. The predicted octanol–water partition coefficient (Wildman–Crippen LogP) is 3.86. The number of carbonyl (C=O) groups is 1. The van der Waals surface area contributed by atoms with Crippen LogP contribution >= 0.6 is 0 Å². The second-order valence-electron chi connectivity index (χ2n) is 5.23. The zero-order valence-electron chi connectivity index (χ0n) is 11.7. The van der Waals surface area contributed by atoms with Crippen LogP contribution in [0.4, 0.5) is 4.79 Å². The number of amides is 1. The van der Waals surface area contributed by atoms with Crippen molar-refractivity contribution in [3.63, 3.8) is 0 Å². The predicted molar refractivity (Wildman–Crippen MR) is 77.2 cm³/mol. The number of aryl methyl sites for hydroxylation is 1. The summed E-state index contributed by atoms with van der Waals surface area (Å²) in [6, 6.07) is 11.5. The van der Waals surface area contributed by atoms with E-state index in [1.54, 1.807) is 6.07 Å². The van der Waals surface area contributed by atoms with E-state index >= 15 is 0 Å². The van der Waals surface area contributed by atoms with Crippen LogP contribution in [0, 0.1) is 5.92 Å². The fraction of sp³-hybridized carbons (Fsp3) is 0.312. The fourth-order valence-corrected chi connectivity index (χ4v) is 2.17. The molecular weight excluding hydrogens is 254 g/mol. The van der Waals surface area contributed by atoms with E-state index in [0.717, 1.165) is 24.0 Å². The maximum Gasteiger partial charge on any atom is 0.436 e. The first-order valence-electron chi connectivity index (χ1n) is 6.73. The molecule has 0 bridgehead atoms. The molecule has 20 heavy (non-hydrogen) atoms. The molecule has 4 heteroatoms. The Labute approximate surface area is 118 Å². The molecule has 0 heterocycles. The van der Waals surface area contributed by atoms with Crippen LogP contribution in [-0.4, -0.2) is 11.3 Å². The third kappa shape index (κ3) is 3.48. The topological polar surface area (TPSA) is 58.6 Å². The van der Waals surface area contributed by atoms with Gasteiger partial charge in [0.25, 0.3) is 0 Å². The molecule has 4 nitrogen and oxygen atoms in total. The van der Waals surface area contributed by atoms with Crippen LogP contribution in [0.2, 0.25) is 0 Å². The fourth-order valence-electron chi connectivity index (χ4n) is 2.17. The maximum atomic E-state index is 11.1. The van der Waals surface area contributed by atoms with Gasteiger partial charge in [-0.3, -0.25) is 5.21 Å². The van der Waals surface area contributed by atoms with Crippen molar-refractivity contribution in [2.75, 3.05) is 0 Å². The van der Waals surface area contributed by atoms with Gasteiger partial charge in [0.15, 0.2) is 0 Å². The van der Waals surface area contributed by atoms with Crippen LogP contribution < -0.4 is 10.2 Å². The number of fused-ring (bicyclic) bond motifs is 1. The molecule has 0 aromatic heterocycles. The lowest BCUT2D eigenvalue weighted by Crippen LogP contribution is -2.22. The van der Waals surface area contributed by atoms with Gasteiger partial charge in [-0.15, -0.1) is 0 Å². The summed E-state index contributed by atoms with van der Waals surface area (Å²) >= 11 is 0. The third-order valence-corrected chi connectivity index (χ3v) is 3.24. The van der Waals surface area contributed by atoms with E-state index < -0.39 is 6.09 Å². The van der Waals surface area contributed by atoms with Crippen LogP contribution in [0.15, 0.2) is 36.4 Å². The Morgan fingerprint density at radius 3 is 2.80 bits per heavy atom. The Kier molecular flexibility index (Phi) is 4.58. The maximum absolute atomic E-state index is 11.1. The molecule has 2 aliphatic carbocycles. The molecule has 0 fully saturated rings. The highest BCUT2D eigenvalue weighted by atomic mass is 16.6. The molecule has 0 spiro atoms. The first-order chi connectivity index (χ1) is 9.60. The van der Waals surface area contributed by atoms with Gasteiger partial charge in [-0.2, -0.15) is 0 Å². The number of ether oxygens (including phenoxy) is 1. The number of nitrogens with one attached hydrogen (secondary N) is 1.